The molecule has 1 amide bonds. The molecule has 2 aliphatic rings. The molecule has 0 radical (unpaired) electrons. The first-order valence-corrected chi connectivity index (χ1v) is 12.3. The normalized spacial score (nSPS) is 21.3. The zero-order valence-electron chi connectivity index (χ0n) is 20.1. The number of nitrogens with one attached hydrogen (secondary N) is 1. The first-order chi connectivity index (χ1) is 16.7. The molecule has 1 aliphatic heterocycles. The summed E-state index contributed by atoms with van der Waals surface area (Å²) in [5.41, 5.74) is 1.92. The van der Waals surface area contributed by atoms with Gasteiger partial charge >= 0.3 is 6.18 Å². The topological polar surface area (TPSA) is 80.5 Å². The number of rotatable bonds is 8. The van der Waals surface area contributed by atoms with Crippen LogP contribution in [0.15, 0.2) is 22.7 Å². The van der Waals surface area contributed by atoms with Gasteiger partial charge in [0.15, 0.2) is 6.61 Å². The molecular formula is C25H33F3N4O3. The molecule has 0 spiro atoms. The van der Waals surface area contributed by atoms with Gasteiger partial charge < -0.3 is 19.4 Å². The van der Waals surface area contributed by atoms with Gasteiger partial charge in [-0.1, -0.05) is 6.07 Å². The maximum atomic E-state index is 12.4. The smallest absolute Gasteiger partial charge is 0.422 e. The molecule has 10 heteroatoms. The second-order valence-electron chi connectivity index (χ2n) is 9.62. The van der Waals surface area contributed by atoms with Gasteiger partial charge in [-0.25, -0.2) is 9.97 Å². The summed E-state index contributed by atoms with van der Waals surface area (Å²) >= 11 is 0. The molecule has 35 heavy (non-hydrogen) atoms. The summed E-state index contributed by atoms with van der Waals surface area (Å²) in [4.78, 5) is 23.1. The van der Waals surface area contributed by atoms with Gasteiger partial charge in [0.25, 0.3) is 0 Å². The number of carbonyl (C=O) groups excluding carboxylic acids is 1. The number of amides is 1. The average molecular weight is 495 g/mol. The van der Waals surface area contributed by atoms with Crippen LogP contribution < -0.4 is 10.1 Å². The van der Waals surface area contributed by atoms with Crippen LogP contribution in [0.3, 0.4) is 0 Å². The molecule has 7 nitrogen and oxygen atoms in total. The van der Waals surface area contributed by atoms with Crippen molar-refractivity contribution in [1.82, 2.24) is 20.2 Å². The van der Waals surface area contributed by atoms with E-state index >= 15 is 0 Å². The second kappa shape index (κ2) is 11.4. The fourth-order valence-corrected chi connectivity index (χ4v) is 4.93. The molecule has 0 atom stereocenters. The predicted molar refractivity (Wildman–Crippen MR) is 123 cm³/mol. The Hall–Kier alpha value is -2.62. The van der Waals surface area contributed by atoms with E-state index < -0.39 is 12.8 Å². The molecule has 4 rings (SSSR count). The standard InChI is InChI=1S/C25H33F3N4O3/c1-17-15-29-24(35-17)14-22(33)30-20-5-2-18(3-6-20)8-11-32-12-9-19-4-7-23(31-21(19)10-13-32)34-16-25(26,27)28/h4,7,15,18,20H,2-3,5-6,8-14,16H2,1H3,(H,30,33). The Morgan fingerprint density at radius 2 is 1.97 bits per heavy atom. The molecule has 0 aromatic carbocycles. The molecule has 1 aliphatic carbocycles. The first kappa shape index (κ1) is 25.5. The predicted octanol–water partition coefficient (Wildman–Crippen LogP) is 4.03. The third-order valence-corrected chi connectivity index (χ3v) is 6.84. The van der Waals surface area contributed by atoms with Crippen LogP contribution in [-0.4, -0.2) is 59.2 Å². The van der Waals surface area contributed by atoms with E-state index in [1.165, 1.54) is 6.07 Å². The summed E-state index contributed by atoms with van der Waals surface area (Å²) in [6.45, 7) is 3.25. The Bertz CT molecular complexity index is 987. The van der Waals surface area contributed by atoms with Crippen LogP contribution in [0.25, 0.3) is 0 Å². The number of hydrogen-bond donors (Lipinski definition) is 1. The number of halogens is 3. The fraction of sp³-hybridized carbons (Fsp3) is 0.640. The summed E-state index contributed by atoms with van der Waals surface area (Å²) in [5, 5.41) is 3.11. The zero-order valence-corrected chi connectivity index (χ0v) is 20.1. The number of pyridine rings is 1. The summed E-state index contributed by atoms with van der Waals surface area (Å²) in [6, 6.07) is 3.59. The highest BCUT2D eigenvalue weighted by Crippen LogP contribution is 2.28. The van der Waals surface area contributed by atoms with Crippen molar-refractivity contribution in [2.24, 2.45) is 5.92 Å². The molecule has 1 N–H and O–H groups in total. The highest BCUT2D eigenvalue weighted by molar-refractivity contribution is 5.77. The summed E-state index contributed by atoms with van der Waals surface area (Å²) in [5.74, 6) is 1.80. The van der Waals surface area contributed by atoms with Crippen molar-refractivity contribution in [2.45, 2.75) is 70.5 Å². The van der Waals surface area contributed by atoms with E-state index in [4.69, 9.17) is 9.15 Å². The van der Waals surface area contributed by atoms with Gasteiger partial charge in [-0.3, -0.25) is 4.79 Å². The molecule has 1 fully saturated rings. The molecular weight excluding hydrogens is 461 g/mol. The van der Waals surface area contributed by atoms with Crippen LogP contribution in [0.5, 0.6) is 5.88 Å². The van der Waals surface area contributed by atoms with Crippen molar-refractivity contribution >= 4 is 5.91 Å². The van der Waals surface area contributed by atoms with Gasteiger partial charge in [-0.05, 0) is 63.5 Å². The van der Waals surface area contributed by atoms with Crippen molar-refractivity contribution in [3.8, 4) is 5.88 Å². The van der Waals surface area contributed by atoms with Crippen LogP contribution in [-0.2, 0) is 24.1 Å². The monoisotopic (exact) mass is 494 g/mol. The summed E-state index contributed by atoms with van der Waals surface area (Å²) in [7, 11) is 0. The van der Waals surface area contributed by atoms with E-state index in [1.807, 2.05) is 13.0 Å². The van der Waals surface area contributed by atoms with E-state index in [-0.39, 0.29) is 24.2 Å². The van der Waals surface area contributed by atoms with E-state index in [0.717, 1.165) is 69.4 Å². The molecule has 0 bridgehead atoms. The Morgan fingerprint density at radius 3 is 2.69 bits per heavy atom. The number of oxazole rings is 1. The molecule has 0 saturated heterocycles. The lowest BCUT2D eigenvalue weighted by molar-refractivity contribution is -0.154. The molecule has 1 saturated carbocycles. The number of hydrogen-bond acceptors (Lipinski definition) is 6. The maximum absolute atomic E-state index is 12.4. The quantitative estimate of drug-likeness (QED) is 0.597. The van der Waals surface area contributed by atoms with Gasteiger partial charge in [0.2, 0.25) is 17.7 Å². The van der Waals surface area contributed by atoms with Crippen molar-refractivity contribution in [3.05, 3.63) is 41.2 Å². The first-order valence-electron chi connectivity index (χ1n) is 12.3. The Morgan fingerprint density at radius 1 is 1.20 bits per heavy atom. The number of alkyl halides is 3. The number of carbonyl (C=O) groups is 1. The van der Waals surface area contributed by atoms with E-state index in [1.54, 1.807) is 6.20 Å². The lowest BCUT2D eigenvalue weighted by Crippen LogP contribution is -2.39. The third kappa shape index (κ3) is 7.95. The molecule has 3 heterocycles. The number of nitrogens with zero attached hydrogens (tertiary/aromatic N) is 3. The lowest BCUT2D eigenvalue weighted by atomic mass is 9.84. The highest BCUT2D eigenvalue weighted by Gasteiger charge is 2.29. The molecule has 0 unspecified atom stereocenters. The van der Waals surface area contributed by atoms with Crippen molar-refractivity contribution in [3.63, 3.8) is 0 Å². The van der Waals surface area contributed by atoms with E-state index in [9.17, 15) is 18.0 Å². The van der Waals surface area contributed by atoms with Crippen molar-refractivity contribution in [1.29, 1.82) is 0 Å². The molecule has 2 aromatic rings. The van der Waals surface area contributed by atoms with Gasteiger partial charge in [0.1, 0.15) is 12.2 Å². The fourth-order valence-electron chi connectivity index (χ4n) is 4.93. The van der Waals surface area contributed by atoms with Gasteiger partial charge in [-0.2, -0.15) is 13.2 Å². The van der Waals surface area contributed by atoms with Gasteiger partial charge in [-0.15, -0.1) is 0 Å². The largest absolute Gasteiger partial charge is 0.468 e. The van der Waals surface area contributed by atoms with Gasteiger partial charge in [0.05, 0.1) is 6.20 Å². The average Bonchev–Trinajstić information content (AvgIpc) is 3.10. The summed E-state index contributed by atoms with van der Waals surface area (Å²) < 4.78 is 47.4. The maximum Gasteiger partial charge on any atom is 0.422 e. The molecule has 192 valence electrons. The Balaban J connectivity index is 1.16. The minimum absolute atomic E-state index is 0.0360. The number of aromatic nitrogens is 2. The SMILES string of the molecule is Cc1cnc(CC(=O)NC2CCC(CCN3CCc4ccc(OCC(F)(F)F)nc4CC3)CC2)o1. The van der Waals surface area contributed by atoms with Gasteiger partial charge in [0, 0.05) is 37.3 Å². The number of aryl methyl sites for hydroxylation is 1. The number of fused-ring (bicyclic) bond motifs is 1. The van der Waals surface area contributed by atoms with Crippen LogP contribution in [0, 0.1) is 12.8 Å². The van der Waals surface area contributed by atoms with E-state index in [0.29, 0.717) is 24.0 Å². The highest BCUT2D eigenvalue weighted by atomic mass is 19.4. The zero-order chi connectivity index (χ0) is 24.8. The van der Waals surface area contributed by atoms with E-state index in [2.05, 4.69) is 20.2 Å². The van der Waals surface area contributed by atoms with Crippen LogP contribution >= 0.6 is 0 Å². The lowest BCUT2D eigenvalue weighted by Gasteiger charge is -2.30. The minimum Gasteiger partial charge on any atom is -0.468 e. The van der Waals surface area contributed by atoms with Crippen LogP contribution in [0.1, 0.15) is 55.0 Å². The van der Waals surface area contributed by atoms with Crippen LogP contribution in [0.2, 0.25) is 0 Å². The summed E-state index contributed by atoms with van der Waals surface area (Å²) in [6.07, 6.45) is 4.25. The van der Waals surface area contributed by atoms with Crippen LogP contribution in [0.4, 0.5) is 13.2 Å². The van der Waals surface area contributed by atoms with Crippen molar-refractivity contribution < 1.29 is 27.1 Å². The minimum atomic E-state index is -4.37. The second-order valence-corrected chi connectivity index (χ2v) is 9.62. The van der Waals surface area contributed by atoms with Crippen molar-refractivity contribution in [2.75, 3.05) is 26.2 Å². The number of ether oxygens (including phenoxy) is 1. The molecule has 2 aromatic heterocycles. The third-order valence-electron chi connectivity index (χ3n) is 6.84. The Labute approximate surface area is 203 Å². The Kier molecular flexibility index (Phi) is 8.30.